The van der Waals surface area contributed by atoms with Crippen LogP contribution in [0.5, 0.6) is 0 Å². The number of H-pyrrole nitrogens is 1. The fraction of sp³-hybridized carbons (Fsp3) is 0.417. The Kier molecular flexibility index (Phi) is 6.24. The molecule has 0 saturated heterocycles. The lowest BCUT2D eigenvalue weighted by Crippen LogP contribution is -2.16. The molecule has 3 N–H and O–H groups in total. The molecule has 1 aromatic heterocycles. The Bertz CT molecular complexity index is 399. The molecule has 6 heteroatoms. The lowest BCUT2D eigenvalue weighted by molar-refractivity contribution is -0.137. The Labute approximate surface area is 105 Å². The monoisotopic (exact) mass is 251 g/mol. The number of aromatic nitrogens is 1. The zero-order valence-corrected chi connectivity index (χ0v) is 10.1. The van der Waals surface area contributed by atoms with E-state index in [9.17, 15) is 9.59 Å². The van der Waals surface area contributed by atoms with E-state index in [1.54, 1.807) is 6.20 Å². The predicted molar refractivity (Wildman–Crippen MR) is 67.3 cm³/mol. The summed E-state index contributed by atoms with van der Waals surface area (Å²) in [6.45, 7) is 0. The van der Waals surface area contributed by atoms with E-state index in [0.717, 1.165) is 12.1 Å². The van der Waals surface area contributed by atoms with Crippen molar-refractivity contribution >= 4 is 18.1 Å². The molecule has 0 aromatic carbocycles. The first kappa shape index (κ1) is 14.0. The summed E-state index contributed by atoms with van der Waals surface area (Å²) >= 11 is 0. The predicted octanol–water partition coefficient (Wildman–Crippen LogP) is 1.50. The van der Waals surface area contributed by atoms with Crippen LogP contribution in [0.2, 0.25) is 0 Å². The molecule has 0 aliphatic heterocycles. The highest BCUT2D eigenvalue weighted by Crippen LogP contribution is 2.02. The number of aromatic amines is 1. The molecule has 0 aliphatic carbocycles. The molecule has 0 atom stereocenters. The summed E-state index contributed by atoms with van der Waals surface area (Å²) in [5.41, 5.74) is 3.23. The van der Waals surface area contributed by atoms with Crippen molar-refractivity contribution in [3.63, 3.8) is 0 Å². The van der Waals surface area contributed by atoms with Gasteiger partial charge in [-0.2, -0.15) is 5.10 Å². The maximum Gasteiger partial charge on any atom is 0.303 e. The van der Waals surface area contributed by atoms with Gasteiger partial charge >= 0.3 is 5.97 Å². The molecule has 0 fully saturated rings. The van der Waals surface area contributed by atoms with Crippen LogP contribution in [0.25, 0.3) is 0 Å². The molecule has 1 heterocycles. The molecule has 18 heavy (non-hydrogen) atoms. The van der Waals surface area contributed by atoms with Crippen molar-refractivity contribution in [3.8, 4) is 0 Å². The molecule has 1 amide bonds. The fourth-order valence-corrected chi connectivity index (χ4v) is 1.39. The van der Waals surface area contributed by atoms with Gasteiger partial charge in [0.25, 0.3) is 0 Å². The van der Waals surface area contributed by atoms with Crippen LogP contribution in [-0.2, 0) is 9.59 Å². The Balaban J connectivity index is 2.05. The first-order chi connectivity index (χ1) is 8.68. The second-order valence-corrected chi connectivity index (χ2v) is 3.87. The number of hydrogen-bond donors (Lipinski definition) is 3. The first-order valence-corrected chi connectivity index (χ1v) is 5.85. The molecule has 6 nitrogen and oxygen atoms in total. The number of carboxylic acids is 1. The van der Waals surface area contributed by atoms with Crippen molar-refractivity contribution in [2.45, 2.75) is 32.1 Å². The summed E-state index contributed by atoms with van der Waals surface area (Å²) in [5.74, 6) is -0.955. The number of carboxylic acid groups (broad SMARTS) is 1. The van der Waals surface area contributed by atoms with Gasteiger partial charge in [-0.3, -0.25) is 9.59 Å². The SMILES string of the molecule is O=C(O)CCCCCC(=O)N/N=C/c1ccc[nH]1. The van der Waals surface area contributed by atoms with E-state index in [4.69, 9.17) is 5.11 Å². The first-order valence-electron chi connectivity index (χ1n) is 5.85. The Hall–Kier alpha value is -2.11. The highest BCUT2D eigenvalue weighted by atomic mass is 16.4. The average Bonchev–Trinajstić information content (AvgIpc) is 2.81. The molecule has 0 saturated carbocycles. The van der Waals surface area contributed by atoms with Gasteiger partial charge in [0.1, 0.15) is 0 Å². The summed E-state index contributed by atoms with van der Waals surface area (Å²) in [4.78, 5) is 24.5. The van der Waals surface area contributed by atoms with Crippen LogP contribution in [0.1, 0.15) is 37.8 Å². The lowest BCUT2D eigenvalue weighted by Gasteiger charge is -1.99. The molecule has 98 valence electrons. The zero-order chi connectivity index (χ0) is 13.2. The van der Waals surface area contributed by atoms with E-state index in [-0.39, 0.29) is 12.3 Å². The van der Waals surface area contributed by atoms with E-state index >= 15 is 0 Å². The van der Waals surface area contributed by atoms with Crippen LogP contribution in [0.3, 0.4) is 0 Å². The number of nitrogens with zero attached hydrogens (tertiary/aromatic N) is 1. The minimum atomic E-state index is -0.796. The van der Waals surface area contributed by atoms with E-state index in [1.165, 1.54) is 6.21 Å². The molecular formula is C12H17N3O3. The summed E-state index contributed by atoms with van der Waals surface area (Å²) in [6, 6.07) is 3.67. The second kappa shape index (κ2) is 8.05. The number of aliphatic carboxylic acids is 1. The van der Waals surface area contributed by atoms with Crippen LogP contribution >= 0.6 is 0 Å². The van der Waals surface area contributed by atoms with Crippen molar-refractivity contribution in [1.82, 2.24) is 10.4 Å². The highest BCUT2D eigenvalue weighted by molar-refractivity contribution is 5.80. The van der Waals surface area contributed by atoms with Gasteiger partial charge in [-0.1, -0.05) is 6.42 Å². The number of carbonyl (C=O) groups is 2. The molecule has 0 bridgehead atoms. The van der Waals surface area contributed by atoms with Crippen molar-refractivity contribution in [2.75, 3.05) is 0 Å². The molecule has 0 radical (unpaired) electrons. The van der Waals surface area contributed by atoms with Gasteiger partial charge in [0.15, 0.2) is 0 Å². The Morgan fingerprint density at radius 2 is 2.11 bits per heavy atom. The third-order valence-electron chi connectivity index (χ3n) is 2.31. The van der Waals surface area contributed by atoms with Gasteiger partial charge in [0.2, 0.25) is 5.91 Å². The largest absolute Gasteiger partial charge is 0.481 e. The summed E-state index contributed by atoms with van der Waals surface area (Å²) < 4.78 is 0. The van der Waals surface area contributed by atoms with Gasteiger partial charge in [-0.05, 0) is 25.0 Å². The van der Waals surface area contributed by atoms with Crippen LogP contribution in [0.4, 0.5) is 0 Å². The lowest BCUT2D eigenvalue weighted by atomic mass is 10.1. The van der Waals surface area contributed by atoms with Gasteiger partial charge in [0, 0.05) is 19.0 Å². The number of nitrogens with one attached hydrogen (secondary N) is 2. The quantitative estimate of drug-likeness (QED) is 0.371. The second-order valence-electron chi connectivity index (χ2n) is 3.87. The minimum absolute atomic E-state index is 0.159. The van der Waals surface area contributed by atoms with Gasteiger partial charge < -0.3 is 10.1 Å². The van der Waals surface area contributed by atoms with Crippen LogP contribution in [-0.4, -0.2) is 28.2 Å². The molecule has 0 aliphatic rings. The molecule has 0 spiro atoms. The standard InChI is InChI=1S/C12H17N3O3/c16-11(6-2-1-3-7-12(17)18)15-14-9-10-5-4-8-13-10/h4-5,8-9,13H,1-3,6-7H2,(H,15,16)(H,17,18)/b14-9+. The van der Waals surface area contributed by atoms with Crippen molar-refractivity contribution in [3.05, 3.63) is 24.0 Å². The van der Waals surface area contributed by atoms with Crippen molar-refractivity contribution in [1.29, 1.82) is 0 Å². The molecular weight excluding hydrogens is 234 g/mol. The van der Waals surface area contributed by atoms with Gasteiger partial charge in [-0.25, -0.2) is 5.43 Å². The van der Waals surface area contributed by atoms with Crippen molar-refractivity contribution < 1.29 is 14.7 Å². The third kappa shape index (κ3) is 6.47. The smallest absolute Gasteiger partial charge is 0.303 e. The molecule has 1 aromatic rings. The van der Waals surface area contributed by atoms with Crippen LogP contribution in [0, 0.1) is 0 Å². The van der Waals surface area contributed by atoms with Gasteiger partial charge in [0.05, 0.1) is 11.9 Å². The van der Waals surface area contributed by atoms with Crippen molar-refractivity contribution in [2.24, 2.45) is 5.10 Å². The van der Waals surface area contributed by atoms with Crippen LogP contribution < -0.4 is 5.43 Å². The number of carbonyl (C=O) groups excluding carboxylic acids is 1. The number of hydrazone groups is 1. The topological polar surface area (TPSA) is 94.5 Å². The number of rotatable bonds is 8. The normalized spacial score (nSPS) is 10.7. The summed E-state index contributed by atoms with van der Waals surface area (Å²) in [5, 5.41) is 12.2. The Morgan fingerprint density at radius 3 is 2.78 bits per heavy atom. The Morgan fingerprint density at radius 1 is 1.33 bits per heavy atom. The number of amides is 1. The number of unbranched alkanes of at least 4 members (excludes halogenated alkanes) is 2. The van der Waals surface area contributed by atoms with E-state index in [1.807, 2.05) is 12.1 Å². The third-order valence-corrected chi connectivity index (χ3v) is 2.31. The van der Waals surface area contributed by atoms with E-state index in [0.29, 0.717) is 19.3 Å². The van der Waals surface area contributed by atoms with E-state index < -0.39 is 5.97 Å². The van der Waals surface area contributed by atoms with Gasteiger partial charge in [-0.15, -0.1) is 0 Å². The average molecular weight is 251 g/mol. The van der Waals surface area contributed by atoms with E-state index in [2.05, 4.69) is 15.5 Å². The fourth-order valence-electron chi connectivity index (χ4n) is 1.39. The van der Waals surface area contributed by atoms with Crippen LogP contribution in [0.15, 0.2) is 23.4 Å². The minimum Gasteiger partial charge on any atom is -0.481 e. The maximum absolute atomic E-state index is 11.3. The number of hydrogen-bond acceptors (Lipinski definition) is 3. The highest BCUT2D eigenvalue weighted by Gasteiger charge is 2.00. The maximum atomic E-state index is 11.3. The molecule has 1 rings (SSSR count). The summed E-state index contributed by atoms with van der Waals surface area (Å²) in [7, 11) is 0. The summed E-state index contributed by atoms with van der Waals surface area (Å²) in [6.07, 6.45) is 5.84. The zero-order valence-electron chi connectivity index (χ0n) is 10.1. The molecule has 0 unspecified atom stereocenters.